The van der Waals surface area contributed by atoms with Gasteiger partial charge < -0.3 is 15.0 Å². The van der Waals surface area contributed by atoms with Gasteiger partial charge in [-0.05, 0) is 36.6 Å². The van der Waals surface area contributed by atoms with E-state index in [9.17, 15) is 9.59 Å². The van der Waals surface area contributed by atoms with Gasteiger partial charge in [0.15, 0.2) is 0 Å². The van der Waals surface area contributed by atoms with E-state index in [0.717, 1.165) is 29.7 Å². The highest BCUT2D eigenvalue weighted by atomic mass is 16.5. The maximum atomic E-state index is 12.5. The Morgan fingerprint density at radius 3 is 2.40 bits per heavy atom. The lowest BCUT2D eigenvalue weighted by atomic mass is 9.90. The average Bonchev–Trinajstić information content (AvgIpc) is 2.76. The number of amides is 2. The minimum absolute atomic E-state index is 0.0314. The first-order valence-corrected chi connectivity index (χ1v) is 10.5. The van der Waals surface area contributed by atoms with Crippen LogP contribution in [0.3, 0.4) is 0 Å². The molecule has 1 fully saturated rings. The molecule has 0 spiro atoms. The molecule has 1 aliphatic heterocycles. The van der Waals surface area contributed by atoms with Gasteiger partial charge in [-0.2, -0.15) is 0 Å². The van der Waals surface area contributed by atoms with Gasteiger partial charge >= 0.3 is 0 Å². The van der Waals surface area contributed by atoms with Gasteiger partial charge in [0.2, 0.25) is 11.8 Å². The summed E-state index contributed by atoms with van der Waals surface area (Å²) < 4.78 is 5.76. The third kappa shape index (κ3) is 6.05. The predicted octanol–water partition coefficient (Wildman–Crippen LogP) is 3.56. The van der Waals surface area contributed by atoms with Gasteiger partial charge in [0.1, 0.15) is 12.4 Å². The Morgan fingerprint density at radius 1 is 1.10 bits per heavy atom. The van der Waals surface area contributed by atoms with E-state index in [-0.39, 0.29) is 23.1 Å². The van der Waals surface area contributed by atoms with Crippen molar-refractivity contribution < 1.29 is 14.3 Å². The molecule has 1 saturated heterocycles. The Kier molecular flexibility index (Phi) is 7.08. The molecule has 3 rings (SSSR count). The SMILES string of the molecule is CC(C)(C)C(=O)N1CCC(C(=O)NCc2ccc(OCc3cccnc3)cc2)CC1. The molecule has 1 aromatic heterocycles. The summed E-state index contributed by atoms with van der Waals surface area (Å²) in [5.74, 6) is 0.975. The van der Waals surface area contributed by atoms with Crippen LogP contribution in [0.5, 0.6) is 5.75 Å². The Morgan fingerprint density at radius 2 is 1.80 bits per heavy atom. The number of piperidine rings is 1. The van der Waals surface area contributed by atoms with Gasteiger partial charge in [-0.1, -0.05) is 39.0 Å². The minimum atomic E-state index is -0.372. The lowest BCUT2D eigenvalue weighted by Gasteiger charge is -2.35. The van der Waals surface area contributed by atoms with E-state index in [4.69, 9.17) is 4.74 Å². The molecule has 2 aromatic rings. The molecule has 30 heavy (non-hydrogen) atoms. The van der Waals surface area contributed by atoms with Crippen LogP contribution >= 0.6 is 0 Å². The van der Waals surface area contributed by atoms with E-state index in [0.29, 0.717) is 26.2 Å². The van der Waals surface area contributed by atoms with Crippen molar-refractivity contribution in [3.63, 3.8) is 0 Å². The smallest absolute Gasteiger partial charge is 0.227 e. The number of hydrogen-bond acceptors (Lipinski definition) is 4. The molecule has 0 atom stereocenters. The van der Waals surface area contributed by atoms with Crippen LogP contribution in [0.15, 0.2) is 48.8 Å². The summed E-state index contributed by atoms with van der Waals surface area (Å²) >= 11 is 0. The standard InChI is InChI=1S/C24H31N3O3/c1-24(2,3)23(29)27-13-10-20(11-14-27)22(28)26-16-18-6-8-21(9-7-18)30-17-19-5-4-12-25-15-19/h4-9,12,15,20H,10-11,13-14,16-17H2,1-3H3,(H,26,28). The van der Waals surface area contributed by atoms with E-state index in [1.165, 1.54) is 0 Å². The number of ether oxygens (including phenoxy) is 1. The molecular formula is C24H31N3O3. The van der Waals surface area contributed by atoms with E-state index in [2.05, 4.69) is 10.3 Å². The second-order valence-corrected chi connectivity index (χ2v) is 8.83. The highest BCUT2D eigenvalue weighted by molar-refractivity contribution is 5.82. The Labute approximate surface area is 178 Å². The van der Waals surface area contributed by atoms with Crippen LogP contribution in [0.1, 0.15) is 44.7 Å². The van der Waals surface area contributed by atoms with Gasteiger partial charge in [0.25, 0.3) is 0 Å². The van der Waals surface area contributed by atoms with Gasteiger partial charge in [0, 0.05) is 48.9 Å². The van der Waals surface area contributed by atoms with Crippen molar-refractivity contribution >= 4 is 11.8 Å². The maximum Gasteiger partial charge on any atom is 0.227 e. The fourth-order valence-corrected chi connectivity index (χ4v) is 3.51. The molecule has 0 unspecified atom stereocenters. The molecule has 2 heterocycles. The van der Waals surface area contributed by atoms with Crippen LogP contribution in [0.4, 0.5) is 0 Å². The highest BCUT2D eigenvalue weighted by Crippen LogP contribution is 2.24. The first-order chi connectivity index (χ1) is 14.3. The Hall–Kier alpha value is -2.89. The molecular weight excluding hydrogens is 378 g/mol. The summed E-state index contributed by atoms with van der Waals surface area (Å²) in [6, 6.07) is 11.6. The summed E-state index contributed by atoms with van der Waals surface area (Å²) in [5, 5.41) is 3.03. The van der Waals surface area contributed by atoms with E-state index in [1.54, 1.807) is 12.4 Å². The van der Waals surface area contributed by atoms with Crippen LogP contribution in [0.25, 0.3) is 0 Å². The molecule has 0 saturated carbocycles. The van der Waals surface area contributed by atoms with E-state index >= 15 is 0 Å². The highest BCUT2D eigenvalue weighted by Gasteiger charge is 2.32. The average molecular weight is 410 g/mol. The number of benzene rings is 1. The number of rotatable bonds is 6. The zero-order valence-corrected chi connectivity index (χ0v) is 18.1. The predicted molar refractivity (Wildman–Crippen MR) is 116 cm³/mol. The molecule has 0 radical (unpaired) electrons. The van der Waals surface area contributed by atoms with Crippen molar-refractivity contribution in [3.8, 4) is 5.75 Å². The fraction of sp³-hybridized carbons (Fsp3) is 0.458. The van der Waals surface area contributed by atoms with Crippen molar-refractivity contribution in [3.05, 3.63) is 59.9 Å². The summed E-state index contributed by atoms with van der Waals surface area (Å²) in [7, 11) is 0. The molecule has 1 aliphatic rings. The zero-order valence-electron chi connectivity index (χ0n) is 18.1. The van der Waals surface area contributed by atoms with E-state index < -0.39 is 0 Å². The van der Waals surface area contributed by atoms with Crippen molar-refractivity contribution in [1.29, 1.82) is 0 Å². The molecule has 6 heteroatoms. The number of carbonyl (C=O) groups is 2. The number of pyridine rings is 1. The number of nitrogens with one attached hydrogen (secondary N) is 1. The number of likely N-dealkylation sites (tertiary alicyclic amines) is 1. The van der Waals surface area contributed by atoms with Gasteiger partial charge in [0.05, 0.1) is 0 Å². The Balaban J connectivity index is 1.41. The molecule has 0 bridgehead atoms. The largest absolute Gasteiger partial charge is 0.489 e. The van der Waals surface area contributed by atoms with Crippen molar-refractivity contribution in [2.75, 3.05) is 13.1 Å². The second-order valence-electron chi connectivity index (χ2n) is 8.83. The third-order valence-corrected chi connectivity index (χ3v) is 5.31. The number of aromatic nitrogens is 1. The molecule has 1 aromatic carbocycles. The Bertz CT molecular complexity index is 836. The van der Waals surface area contributed by atoms with Crippen molar-refractivity contribution in [2.24, 2.45) is 11.3 Å². The fourth-order valence-electron chi connectivity index (χ4n) is 3.51. The van der Waals surface area contributed by atoms with Crippen LogP contribution in [-0.4, -0.2) is 34.8 Å². The number of carbonyl (C=O) groups excluding carboxylic acids is 2. The number of hydrogen-bond donors (Lipinski definition) is 1. The molecule has 1 N–H and O–H groups in total. The molecule has 2 amide bonds. The molecule has 160 valence electrons. The van der Waals surface area contributed by atoms with E-state index in [1.807, 2.05) is 62.1 Å². The quantitative estimate of drug-likeness (QED) is 0.792. The monoisotopic (exact) mass is 409 g/mol. The summed E-state index contributed by atoms with van der Waals surface area (Å²) in [4.78, 5) is 30.9. The topological polar surface area (TPSA) is 71.5 Å². The second kappa shape index (κ2) is 9.74. The normalized spacial score (nSPS) is 15.0. The third-order valence-electron chi connectivity index (χ3n) is 5.31. The summed E-state index contributed by atoms with van der Waals surface area (Å²) in [5.41, 5.74) is 1.67. The number of nitrogens with zero attached hydrogens (tertiary/aromatic N) is 2. The summed E-state index contributed by atoms with van der Waals surface area (Å²) in [6.07, 6.45) is 4.96. The van der Waals surface area contributed by atoms with Gasteiger partial charge in [-0.25, -0.2) is 0 Å². The van der Waals surface area contributed by atoms with Crippen molar-refractivity contribution in [2.45, 2.75) is 46.8 Å². The van der Waals surface area contributed by atoms with Gasteiger partial charge in [-0.3, -0.25) is 14.6 Å². The van der Waals surface area contributed by atoms with Crippen LogP contribution < -0.4 is 10.1 Å². The molecule has 6 nitrogen and oxygen atoms in total. The van der Waals surface area contributed by atoms with Crippen LogP contribution in [0.2, 0.25) is 0 Å². The molecule has 0 aliphatic carbocycles. The minimum Gasteiger partial charge on any atom is -0.489 e. The van der Waals surface area contributed by atoms with Crippen LogP contribution in [0, 0.1) is 11.3 Å². The van der Waals surface area contributed by atoms with Crippen LogP contribution in [-0.2, 0) is 22.7 Å². The first kappa shape index (κ1) is 21.8. The van der Waals surface area contributed by atoms with Crippen molar-refractivity contribution in [1.82, 2.24) is 15.2 Å². The lowest BCUT2D eigenvalue weighted by Crippen LogP contribution is -2.46. The van der Waals surface area contributed by atoms with Gasteiger partial charge in [-0.15, -0.1) is 0 Å². The summed E-state index contributed by atoms with van der Waals surface area (Å²) in [6.45, 7) is 8.06. The lowest BCUT2D eigenvalue weighted by molar-refractivity contribution is -0.142. The first-order valence-electron chi connectivity index (χ1n) is 10.5. The maximum absolute atomic E-state index is 12.5. The zero-order chi connectivity index (χ0) is 21.6.